The molecule has 0 unspecified atom stereocenters. The van der Waals surface area contributed by atoms with Crippen molar-refractivity contribution in [1.82, 2.24) is 4.90 Å². The summed E-state index contributed by atoms with van der Waals surface area (Å²) in [5, 5.41) is 5.03. The van der Waals surface area contributed by atoms with Crippen molar-refractivity contribution in [3.8, 4) is 0 Å². The molecule has 0 saturated carbocycles. The van der Waals surface area contributed by atoms with E-state index >= 15 is 0 Å². The Labute approximate surface area is 113 Å². The summed E-state index contributed by atoms with van der Waals surface area (Å²) in [6.45, 7) is 4.82. The number of primary sulfonamides is 1. The molecule has 1 heterocycles. The minimum atomic E-state index is -3.71. The summed E-state index contributed by atoms with van der Waals surface area (Å²) in [5.74, 6) is -0.0662. The van der Waals surface area contributed by atoms with Gasteiger partial charge in [0.2, 0.25) is 10.0 Å². The maximum Gasteiger partial charge on any atom is 0.254 e. The van der Waals surface area contributed by atoms with E-state index in [0.717, 1.165) is 19.4 Å². The molecule has 0 bridgehead atoms. The van der Waals surface area contributed by atoms with Crippen LogP contribution in [0.15, 0.2) is 29.2 Å². The monoisotopic (exact) mass is 282 g/mol. The maximum absolute atomic E-state index is 12.4. The number of likely N-dealkylation sites (tertiary alicyclic amines) is 1. The Bertz CT molecular complexity index is 591. The van der Waals surface area contributed by atoms with Gasteiger partial charge >= 0.3 is 0 Å². The highest BCUT2D eigenvalue weighted by Crippen LogP contribution is 2.29. The van der Waals surface area contributed by atoms with Crippen LogP contribution in [0.25, 0.3) is 0 Å². The van der Waals surface area contributed by atoms with Crippen molar-refractivity contribution in [1.29, 1.82) is 0 Å². The first-order valence-electron chi connectivity index (χ1n) is 6.17. The van der Waals surface area contributed by atoms with Crippen LogP contribution < -0.4 is 5.14 Å². The molecule has 0 spiro atoms. The first-order valence-corrected chi connectivity index (χ1v) is 7.71. The van der Waals surface area contributed by atoms with Gasteiger partial charge in [0.25, 0.3) is 5.91 Å². The molecule has 0 radical (unpaired) electrons. The molecule has 1 aromatic carbocycles. The van der Waals surface area contributed by atoms with Crippen LogP contribution >= 0.6 is 0 Å². The van der Waals surface area contributed by atoms with E-state index in [9.17, 15) is 13.2 Å². The van der Waals surface area contributed by atoms with Crippen LogP contribution in [-0.2, 0) is 10.0 Å². The first kappa shape index (κ1) is 14.0. The zero-order valence-electron chi connectivity index (χ0n) is 11.1. The van der Waals surface area contributed by atoms with E-state index in [1.165, 1.54) is 24.3 Å². The lowest BCUT2D eigenvalue weighted by Crippen LogP contribution is -2.42. The molecule has 1 aliphatic rings. The molecule has 5 nitrogen and oxygen atoms in total. The summed E-state index contributed by atoms with van der Waals surface area (Å²) in [6, 6.07) is 5.75. The molecule has 2 N–H and O–H groups in total. The second kappa shape index (κ2) is 4.61. The number of nitrogens with zero attached hydrogens (tertiary/aromatic N) is 1. The van der Waals surface area contributed by atoms with Crippen LogP contribution in [0.5, 0.6) is 0 Å². The normalized spacial score (nSPS) is 18.6. The smallest absolute Gasteiger partial charge is 0.254 e. The molecule has 1 saturated heterocycles. The van der Waals surface area contributed by atoms with E-state index in [-0.39, 0.29) is 16.3 Å². The van der Waals surface area contributed by atoms with Gasteiger partial charge in [-0.05, 0) is 51.0 Å². The molecule has 2 rings (SSSR count). The molecular weight excluding hydrogens is 264 g/mol. The molecule has 19 heavy (non-hydrogen) atoms. The molecule has 1 fully saturated rings. The number of hydrogen-bond acceptors (Lipinski definition) is 3. The summed E-state index contributed by atoms with van der Waals surface area (Å²) in [5.41, 5.74) is 0.345. The van der Waals surface area contributed by atoms with E-state index in [1.54, 1.807) is 0 Å². The standard InChI is InChI=1S/C13H18N2O3S/c1-13(2)8-3-9-15(13)12(16)10-4-6-11(7-5-10)19(14,17)18/h4-7H,3,8-9H2,1-2H3,(H2,14,17,18). The Hall–Kier alpha value is -1.40. The second-order valence-corrected chi connectivity index (χ2v) is 7.00. The van der Waals surface area contributed by atoms with Gasteiger partial charge in [0.15, 0.2) is 0 Å². The van der Waals surface area contributed by atoms with Gasteiger partial charge in [0, 0.05) is 17.6 Å². The van der Waals surface area contributed by atoms with Gasteiger partial charge in [-0.3, -0.25) is 4.79 Å². The maximum atomic E-state index is 12.4. The molecular formula is C13H18N2O3S. The number of sulfonamides is 1. The van der Waals surface area contributed by atoms with Crippen LogP contribution in [0.4, 0.5) is 0 Å². The van der Waals surface area contributed by atoms with E-state index in [4.69, 9.17) is 5.14 Å². The van der Waals surface area contributed by atoms with Crippen molar-refractivity contribution in [2.24, 2.45) is 5.14 Å². The molecule has 0 aromatic heterocycles. The molecule has 0 aliphatic carbocycles. The fourth-order valence-electron chi connectivity index (χ4n) is 2.43. The Morgan fingerprint density at radius 3 is 2.26 bits per heavy atom. The first-order chi connectivity index (χ1) is 8.72. The largest absolute Gasteiger partial charge is 0.334 e. The molecule has 1 aromatic rings. The average Bonchev–Trinajstić information content (AvgIpc) is 2.67. The molecule has 1 aliphatic heterocycles. The molecule has 104 valence electrons. The third-order valence-corrected chi connectivity index (χ3v) is 4.51. The third kappa shape index (κ3) is 2.79. The molecule has 1 amide bonds. The molecule has 6 heteroatoms. The van der Waals surface area contributed by atoms with Crippen molar-refractivity contribution >= 4 is 15.9 Å². The summed E-state index contributed by atoms with van der Waals surface area (Å²) >= 11 is 0. The second-order valence-electron chi connectivity index (χ2n) is 5.44. The third-order valence-electron chi connectivity index (χ3n) is 3.58. The quantitative estimate of drug-likeness (QED) is 0.889. The minimum absolute atomic E-state index is 0.0183. The Morgan fingerprint density at radius 2 is 1.84 bits per heavy atom. The van der Waals surface area contributed by atoms with E-state index in [0.29, 0.717) is 5.56 Å². The van der Waals surface area contributed by atoms with Crippen LogP contribution in [0, 0.1) is 0 Å². The van der Waals surface area contributed by atoms with Crippen molar-refractivity contribution in [2.45, 2.75) is 37.1 Å². The lowest BCUT2D eigenvalue weighted by molar-refractivity contribution is 0.0652. The van der Waals surface area contributed by atoms with Crippen molar-refractivity contribution in [3.05, 3.63) is 29.8 Å². The van der Waals surface area contributed by atoms with Gasteiger partial charge in [-0.1, -0.05) is 0 Å². The Kier molecular flexibility index (Phi) is 3.40. The highest BCUT2D eigenvalue weighted by Gasteiger charge is 2.35. The predicted octanol–water partition coefficient (Wildman–Crippen LogP) is 1.35. The number of benzene rings is 1. The fraction of sp³-hybridized carbons (Fsp3) is 0.462. The average molecular weight is 282 g/mol. The van der Waals surface area contributed by atoms with E-state index in [2.05, 4.69) is 0 Å². The van der Waals surface area contributed by atoms with Gasteiger partial charge < -0.3 is 4.90 Å². The highest BCUT2D eigenvalue weighted by molar-refractivity contribution is 7.89. The number of hydrogen-bond donors (Lipinski definition) is 1. The number of rotatable bonds is 2. The van der Waals surface area contributed by atoms with Crippen LogP contribution in [0.2, 0.25) is 0 Å². The van der Waals surface area contributed by atoms with Gasteiger partial charge in [-0.2, -0.15) is 0 Å². The lowest BCUT2D eigenvalue weighted by atomic mass is 10.0. The van der Waals surface area contributed by atoms with Crippen molar-refractivity contribution in [2.75, 3.05) is 6.54 Å². The van der Waals surface area contributed by atoms with E-state index < -0.39 is 10.0 Å². The Balaban J connectivity index is 2.26. The highest BCUT2D eigenvalue weighted by atomic mass is 32.2. The summed E-state index contributed by atoms with van der Waals surface area (Å²) in [4.78, 5) is 14.2. The fourth-order valence-corrected chi connectivity index (χ4v) is 2.94. The van der Waals surface area contributed by atoms with Gasteiger partial charge in [-0.25, -0.2) is 13.6 Å². The SMILES string of the molecule is CC1(C)CCCN1C(=O)c1ccc(S(N)(=O)=O)cc1. The zero-order valence-corrected chi connectivity index (χ0v) is 11.9. The van der Waals surface area contributed by atoms with Crippen LogP contribution in [0.3, 0.4) is 0 Å². The number of carbonyl (C=O) groups excluding carboxylic acids is 1. The summed E-state index contributed by atoms with van der Waals surface area (Å²) in [6.07, 6.45) is 1.97. The number of carbonyl (C=O) groups is 1. The van der Waals surface area contributed by atoms with Gasteiger partial charge in [0.05, 0.1) is 4.90 Å². The number of nitrogens with two attached hydrogens (primary N) is 1. The van der Waals surface area contributed by atoms with Crippen molar-refractivity contribution in [3.63, 3.8) is 0 Å². The van der Waals surface area contributed by atoms with Crippen molar-refractivity contribution < 1.29 is 13.2 Å². The predicted molar refractivity (Wildman–Crippen MR) is 72.2 cm³/mol. The van der Waals surface area contributed by atoms with Crippen LogP contribution in [-0.4, -0.2) is 31.3 Å². The van der Waals surface area contributed by atoms with Gasteiger partial charge in [0.1, 0.15) is 0 Å². The minimum Gasteiger partial charge on any atom is -0.334 e. The van der Waals surface area contributed by atoms with Gasteiger partial charge in [-0.15, -0.1) is 0 Å². The summed E-state index contributed by atoms with van der Waals surface area (Å²) in [7, 11) is -3.71. The lowest BCUT2D eigenvalue weighted by Gasteiger charge is -2.31. The Morgan fingerprint density at radius 1 is 1.26 bits per heavy atom. The van der Waals surface area contributed by atoms with E-state index in [1.807, 2.05) is 18.7 Å². The zero-order chi connectivity index (χ0) is 14.3. The topological polar surface area (TPSA) is 80.5 Å². The summed E-state index contributed by atoms with van der Waals surface area (Å²) < 4.78 is 22.3. The number of amides is 1. The molecule has 0 atom stereocenters. The van der Waals surface area contributed by atoms with Crippen LogP contribution in [0.1, 0.15) is 37.0 Å².